The van der Waals surface area contributed by atoms with Gasteiger partial charge in [-0.2, -0.15) is 8.42 Å². The molecule has 0 aromatic carbocycles. The smallest absolute Gasteiger partial charge is 0.295 e. The minimum absolute atomic E-state index is 0.117. The van der Waals surface area contributed by atoms with E-state index in [-0.39, 0.29) is 5.09 Å². The van der Waals surface area contributed by atoms with Gasteiger partial charge in [-0.3, -0.25) is 4.72 Å². The Morgan fingerprint density at radius 2 is 2.00 bits per heavy atom. The molecule has 0 radical (unpaired) electrons. The highest BCUT2D eigenvalue weighted by atomic mass is 32.2. The molecule has 2 aromatic heterocycles. The van der Waals surface area contributed by atoms with Crippen molar-refractivity contribution in [2.75, 3.05) is 4.72 Å². The van der Waals surface area contributed by atoms with Crippen molar-refractivity contribution in [3.8, 4) is 0 Å². The molecule has 1 aliphatic rings. The van der Waals surface area contributed by atoms with Crippen molar-refractivity contribution in [3.05, 3.63) is 36.6 Å². The minimum Gasteiger partial charge on any atom is -0.446 e. The Bertz CT molecular complexity index is 680. The maximum atomic E-state index is 12.1. The van der Waals surface area contributed by atoms with Crippen LogP contribution in [0.1, 0.15) is 18.6 Å². The lowest BCUT2D eigenvalue weighted by molar-refractivity contribution is 0.403. The fourth-order valence-corrected chi connectivity index (χ4v) is 2.67. The summed E-state index contributed by atoms with van der Waals surface area (Å²) in [6.07, 6.45) is 6.42. The fraction of sp³-hybridized carbons (Fsp3) is 0.333. The van der Waals surface area contributed by atoms with Crippen LogP contribution in [-0.4, -0.2) is 24.4 Å². The molecule has 2 aromatic rings. The number of furan rings is 1. The van der Waals surface area contributed by atoms with Crippen LogP contribution < -0.4 is 10.0 Å². The average molecular weight is 294 g/mol. The molecule has 1 aliphatic carbocycles. The third-order valence-electron chi connectivity index (χ3n) is 2.86. The van der Waals surface area contributed by atoms with Gasteiger partial charge in [-0.25, -0.2) is 9.97 Å². The second kappa shape index (κ2) is 5.22. The van der Waals surface area contributed by atoms with Gasteiger partial charge in [-0.1, -0.05) is 0 Å². The van der Waals surface area contributed by atoms with Crippen molar-refractivity contribution in [1.29, 1.82) is 0 Å². The third kappa shape index (κ3) is 3.14. The van der Waals surface area contributed by atoms with Gasteiger partial charge in [0.2, 0.25) is 5.09 Å². The summed E-state index contributed by atoms with van der Waals surface area (Å²) >= 11 is 0. The van der Waals surface area contributed by atoms with Crippen molar-refractivity contribution in [3.63, 3.8) is 0 Å². The summed E-state index contributed by atoms with van der Waals surface area (Å²) in [4.78, 5) is 7.49. The maximum absolute atomic E-state index is 12.1. The standard InChI is InChI=1S/C12H14N4O3S/c17-20(18,16-10-5-13-8-14-6-10)12-4-3-11(19-12)7-15-9-1-2-9/h3-6,8-9,15-16H,1-2,7H2. The molecule has 0 unspecified atom stereocenters. The van der Waals surface area contributed by atoms with Crippen molar-refractivity contribution in [2.45, 2.75) is 30.5 Å². The van der Waals surface area contributed by atoms with E-state index in [2.05, 4.69) is 20.0 Å². The number of nitrogens with zero attached hydrogens (tertiary/aromatic N) is 2. The molecule has 0 bridgehead atoms. The van der Waals surface area contributed by atoms with Crippen LogP contribution in [0.3, 0.4) is 0 Å². The summed E-state index contributed by atoms with van der Waals surface area (Å²) in [5, 5.41) is 3.14. The van der Waals surface area contributed by atoms with E-state index < -0.39 is 10.0 Å². The largest absolute Gasteiger partial charge is 0.446 e. The first-order chi connectivity index (χ1) is 9.63. The molecule has 106 valence electrons. The quantitative estimate of drug-likeness (QED) is 0.828. The Kier molecular flexibility index (Phi) is 3.41. The molecule has 1 saturated carbocycles. The molecular formula is C12H14N4O3S. The highest BCUT2D eigenvalue weighted by Crippen LogP contribution is 2.21. The molecule has 0 atom stereocenters. The average Bonchev–Trinajstić information content (AvgIpc) is 3.13. The van der Waals surface area contributed by atoms with Crippen LogP contribution in [0.15, 0.2) is 40.4 Å². The SMILES string of the molecule is O=S(=O)(Nc1cncnc1)c1ccc(CNC2CC2)o1. The second-order valence-corrected chi connectivity index (χ2v) is 6.22. The van der Waals surface area contributed by atoms with Crippen LogP contribution in [0.5, 0.6) is 0 Å². The first kappa shape index (κ1) is 13.1. The molecule has 2 heterocycles. The highest BCUT2D eigenvalue weighted by molar-refractivity contribution is 7.92. The lowest BCUT2D eigenvalue weighted by Crippen LogP contribution is -2.15. The Morgan fingerprint density at radius 1 is 1.25 bits per heavy atom. The predicted octanol–water partition coefficient (Wildman–Crippen LogP) is 1.12. The summed E-state index contributed by atoms with van der Waals surface area (Å²) < 4.78 is 31.9. The van der Waals surface area contributed by atoms with Gasteiger partial charge >= 0.3 is 0 Å². The van der Waals surface area contributed by atoms with E-state index in [0.717, 1.165) is 0 Å². The normalized spacial score (nSPS) is 15.2. The van der Waals surface area contributed by atoms with E-state index in [1.165, 1.54) is 37.6 Å². The topological polar surface area (TPSA) is 97.1 Å². The molecule has 0 spiro atoms. The molecule has 7 nitrogen and oxygen atoms in total. The number of sulfonamides is 1. The molecule has 20 heavy (non-hydrogen) atoms. The lowest BCUT2D eigenvalue weighted by Gasteiger charge is -2.04. The van der Waals surface area contributed by atoms with Gasteiger partial charge in [-0.05, 0) is 25.0 Å². The molecule has 2 N–H and O–H groups in total. The van der Waals surface area contributed by atoms with Crippen molar-refractivity contribution < 1.29 is 12.8 Å². The second-order valence-electron chi connectivity index (χ2n) is 4.61. The molecule has 0 saturated heterocycles. The van der Waals surface area contributed by atoms with Gasteiger partial charge in [0.25, 0.3) is 10.0 Å². The summed E-state index contributed by atoms with van der Waals surface area (Å²) in [5.41, 5.74) is 0.293. The number of rotatable bonds is 6. The molecule has 0 amide bonds. The van der Waals surface area contributed by atoms with Gasteiger partial charge in [0, 0.05) is 6.04 Å². The highest BCUT2D eigenvalue weighted by Gasteiger charge is 2.22. The number of hydrogen-bond acceptors (Lipinski definition) is 6. The van der Waals surface area contributed by atoms with E-state index in [1.807, 2.05) is 0 Å². The Morgan fingerprint density at radius 3 is 2.70 bits per heavy atom. The molecule has 8 heteroatoms. The van der Waals surface area contributed by atoms with Crippen LogP contribution in [0.4, 0.5) is 5.69 Å². The van der Waals surface area contributed by atoms with E-state index in [0.29, 0.717) is 24.0 Å². The zero-order valence-electron chi connectivity index (χ0n) is 10.6. The van der Waals surface area contributed by atoms with Crippen LogP contribution >= 0.6 is 0 Å². The zero-order valence-corrected chi connectivity index (χ0v) is 11.4. The van der Waals surface area contributed by atoms with Crippen molar-refractivity contribution >= 4 is 15.7 Å². The van der Waals surface area contributed by atoms with E-state index >= 15 is 0 Å². The maximum Gasteiger partial charge on any atom is 0.295 e. The molecule has 0 aliphatic heterocycles. The number of anilines is 1. The lowest BCUT2D eigenvalue weighted by atomic mass is 10.4. The van der Waals surface area contributed by atoms with Gasteiger partial charge in [0.15, 0.2) is 0 Å². The Hall–Kier alpha value is -1.93. The predicted molar refractivity (Wildman–Crippen MR) is 71.4 cm³/mol. The summed E-state index contributed by atoms with van der Waals surface area (Å²) in [5.74, 6) is 0.599. The summed E-state index contributed by atoms with van der Waals surface area (Å²) in [6.45, 7) is 0.536. The zero-order chi connectivity index (χ0) is 14.0. The summed E-state index contributed by atoms with van der Waals surface area (Å²) in [7, 11) is -3.74. The molecular weight excluding hydrogens is 280 g/mol. The van der Waals surface area contributed by atoms with Gasteiger partial charge in [0.1, 0.15) is 12.1 Å². The van der Waals surface area contributed by atoms with Crippen LogP contribution in [-0.2, 0) is 16.6 Å². The fourth-order valence-electron chi connectivity index (χ4n) is 1.69. The Labute approximate surface area is 116 Å². The van der Waals surface area contributed by atoms with E-state index in [9.17, 15) is 8.42 Å². The Balaban J connectivity index is 1.70. The molecule has 1 fully saturated rings. The van der Waals surface area contributed by atoms with Gasteiger partial charge in [-0.15, -0.1) is 0 Å². The van der Waals surface area contributed by atoms with Crippen molar-refractivity contribution in [1.82, 2.24) is 15.3 Å². The molecule has 3 rings (SSSR count). The minimum atomic E-state index is -3.74. The number of nitrogens with one attached hydrogen (secondary N) is 2. The van der Waals surface area contributed by atoms with Gasteiger partial charge in [0.05, 0.1) is 24.6 Å². The van der Waals surface area contributed by atoms with Crippen LogP contribution in [0.2, 0.25) is 0 Å². The van der Waals surface area contributed by atoms with Gasteiger partial charge < -0.3 is 9.73 Å². The van der Waals surface area contributed by atoms with Crippen LogP contribution in [0.25, 0.3) is 0 Å². The monoisotopic (exact) mass is 294 g/mol. The van der Waals surface area contributed by atoms with E-state index in [1.54, 1.807) is 6.07 Å². The first-order valence-corrected chi connectivity index (χ1v) is 7.72. The first-order valence-electron chi connectivity index (χ1n) is 6.23. The van der Waals surface area contributed by atoms with Crippen molar-refractivity contribution in [2.24, 2.45) is 0 Å². The van der Waals surface area contributed by atoms with E-state index in [4.69, 9.17) is 4.42 Å². The summed E-state index contributed by atoms with van der Waals surface area (Å²) in [6, 6.07) is 3.64. The third-order valence-corrected chi connectivity index (χ3v) is 4.11. The van der Waals surface area contributed by atoms with Crippen LogP contribution in [0, 0.1) is 0 Å². The number of hydrogen-bond donors (Lipinski definition) is 2. The number of aromatic nitrogens is 2.